The van der Waals surface area contributed by atoms with Gasteiger partial charge in [0.25, 0.3) is 0 Å². The fourth-order valence-corrected chi connectivity index (χ4v) is 3.18. The van der Waals surface area contributed by atoms with Crippen LogP contribution in [0.3, 0.4) is 0 Å². The minimum atomic E-state index is -0.296. The van der Waals surface area contributed by atoms with Gasteiger partial charge < -0.3 is 4.90 Å². The third kappa shape index (κ3) is 3.44. The van der Waals surface area contributed by atoms with Gasteiger partial charge in [0.2, 0.25) is 5.91 Å². The Balaban J connectivity index is 1.96. The van der Waals surface area contributed by atoms with Crippen molar-refractivity contribution in [1.29, 1.82) is 0 Å². The van der Waals surface area contributed by atoms with E-state index in [4.69, 9.17) is 0 Å². The van der Waals surface area contributed by atoms with E-state index >= 15 is 0 Å². The fourth-order valence-electron chi connectivity index (χ4n) is 3.18. The zero-order valence-corrected chi connectivity index (χ0v) is 13.9. The van der Waals surface area contributed by atoms with E-state index < -0.39 is 0 Å². The predicted octanol–water partition coefficient (Wildman–Crippen LogP) is 3.96. The summed E-state index contributed by atoms with van der Waals surface area (Å²) < 4.78 is 0. The second kappa shape index (κ2) is 6.95. The number of pyridine rings is 1. The Bertz CT molecular complexity index is 643. The Morgan fingerprint density at radius 3 is 2.22 bits per heavy atom. The summed E-state index contributed by atoms with van der Waals surface area (Å²) in [6.45, 7) is 6.10. The average molecular weight is 308 g/mol. The summed E-state index contributed by atoms with van der Waals surface area (Å²) in [4.78, 5) is 19.5. The fraction of sp³-hybridized carbons (Fsp3) is 0.400. The smallest absolute Gasteiger partial charge is 0.236 e. The predicted molar refractivity (Wildman–Crippen MR) is 92.4 cm³/mol. The van der Waals surface area contributed by atoms with E-state index in [0.717, 1.165) is 37.2 Å². The lowest BCUT2D eigenvalue weighted by Gasteiger charge is -2.23. The maximum absolute atomic E-state index is 13.1. The van der Waals surface area contributed by atoms with Gasteiger partial charge in [0.05, 0.1) is 5.69 Å². The molecule has 23 heavy (non-hydrogen) atoms. The molecule has 3 nitrogen and oxygen atoms in total. The van der Waals surface area contributed by atoms with Crippen molar-refractivity contribution in [3.8, 4) is 0 Å². The molecule has 2 heterocycles. The lowest BCUT2D eigenvalue weighted by molar-refractivity contribution is -0.130. The number of aromatic nitrogens is 1. The maximum Gasteiger partial charge on any atom is 0.236 e. The van der Waals surface area contributed by atoms with Gasteiger partial charge in [-0.2, -0.15) is 0 Å². The van der Waals surface area contributed by atoms with Crippen LogP contribution in [0.2, 0.25) is 0 Å². The number of rotatable bonds is 4. The maximum atomic E-state index is 13.1. The Morgan fingerprint density at radius 2 is 1.65 bits per heavy atom. The zero-order chi connectivity index (χ0) is 16.2. The van der Waals surface area contributed by atoms with Crippen LogP contribution < -0.4 is 0 Å². The van der Waals surface area contributed by atoms with E-state index in [2.05, 4.69) is 43.1 Å². The molecule has 1 atom stereocenters. The second-order valence-electron chi connectivity index (χ2n) is 6.54. The van der Waals surface area contributed by atoms with Crippen LogP contribution in [0.15, 0.2) is 48.7 Å². The van der Waals surface area contributed by atoms with Crippen molar-refractivity contribution in [2.75, 3.05) is 13.1 Å². The molecule has 1 aliphatic rings. The van der Waals surface area contributed by atoms with Crippen LogP contribution in [0, 0.1) is 0 Å². The number of benzene rings is 1. The average Bonchev–Trinajstić information content (AvgIpc) is 3.11. The van der Waals surface area contributed by atoms with Gasteiger partial charge in [0.1, 0.15) is 5.92 Å². The van der Waals surface area contributed by atoms with Crippen molar-refractivity contribution in [2.45, 2.75) is 38.5 Å². The quantitative estimate of drug-likeness (QED) is 0.856. The first-order valence-corrected chi connectivity index (χ1v) is 8.46. The molecule has 0 spiro atoms. The number of likely N-dealkylation sites (tertiary alicyclic amines) is 1. The number of carbonyl (C=O) groups is 1. The van der Waals surface area contributed by atoms with E-state index in [1.807, 2.05) is 23.1 Å². The van der Waals surface area contributed by atoms with Gasteiger partial charge in [0.15, 0.2) is 0 Å². The third-order valence-corrected chi connectivity index (χ3v) is 4.58. The highest BCUT2D eigenvalue weighted by Crippen LogP contribution is 2.28. The number of hydrogen-bond donors (Lipinski definition) is 0. The van der Waals surface area contributed by atoms with Crippen LogP contribution in [0.25, 0.3) is 0 Å². The number of hydrogen-bond acceptors (Lipinski definition) is 2. The van der Waals surface area contributed by atoms with Crippen molar-refractivity contribution in [1.82, 2.24) is 9.88 Å². The lowest BCUT2D eigenvalue weighted by atomic mass is 9.91. The van der Waals surface area contributed by atoms with Crippen molar-refractivity contribution in [3.05, 3.63) is 65.5 Å². The van der Waals surface area contributed by atoms with Gasteiger partial charge >= 0.3 is 0 Å². The molecule has 1 unspecified atom stereocenters. The second-order valence-corrected chi connectivity index (χ2v) is 6.54. The molecular formula is C20H24N2O. The standard InChI is InChI=1S/C20H24N2O/c1-15(2)16-8-10-17(11-9-16)19(18-7-3-4-12-21-18)20(23)22-13-5-6-14-22/h3-4,7-12,15,19H,5-6,13-14H2,1-2H3. The molecule has 0 aliphatic carbocycles. The molecular weight excluding hydrogens is 284 g/mol. The number of carbonyl (C=O) groups excluding carboxylic acids is 1. The molecule has 0 N–H and O–H groups in total. The minimum Gasteiger partial charge on any atom is -0.342 e. The normalized spacial score (nSPS) is 15.9. The lowest BCUT2D eigenvalue weighted by Crippen LogP contribution is -2.33. The molecule has 1 aromatic heterocycles. The summed E-state index contributed by atoms with van der Waals surface area (Å²) in [5.41, 5.74) is 3.16. The third-order valence-electron chi connectivity index (χ3n) is 4.58. The van der Waals surface area contributed by atoms with E-state index in [0.29, 0.717) is 5.92 Å². The molecule has 3 heteroatoms. The first-order valence-electron chi connectivity index (χ1n) is 8.46. The summed E-state index contributed by atoms with van der Waals surface area (Å²) >= 11 is 0. The van der Waals surface area contributed by atoms with E-state index in [1.54, 1.807) is 6.20 Å². The van der Waals surface area contributed by atoms with Gasteiger partial charge in [-0.05, 0) is 42.0 Å². The van der Waals surface area contributed by atoms with E-state index in [9.17, 15) is 4.79 Å². The highest BCUT2D eigenvalue weighted by molar-refractivity contribution is 5.87. The zero-order valence-electron chi connectivity index (χ0n) is 13.9. The van der Waals surface area contributed by atoms with Crippen LogP contribution in [-0.4, -0.2) is 28.9 Å². The largest absolute Gasteiger partial charge is 0.342 e. The van der Waals surface area contributed by atoms with Crippen molar-refractivity contribution >= 4 is 5.91 Å². The van der Waals surface area contributed by atoms with Crippen LogP contribution in [-0.2, 0) is 4.79 Å². The van der Waals surface area contributed by atoms with Crippen LogP contribution in [0.5, 0.6) is 0 Å². The molecule has 1 saturated heterocycles. The highest BCUT2D eigenvalue weighted by atomic mass is 16.2. The van der Waals surface area contributed by atoms with Crippen molar-refractivity contribution in [2.24, 2.45) is 0 Å². The summed E-state index contributed by atoms with van der Waals surface area (Å²) in [6.07, 6.45) is 3.97. The van der Waals surface area contributed by atoms with Gasteiger partial charge in [-0.1, -0.05) is 44.2 Å². The summed E-state index contributed by atoms with van der Waals surface area (Å²) in [5, 5.41) is 0. The minimum absolute atomic E-state index is 0.179. The van der Waals surface area contributed by atoms with E-state index in [1.165, 1.54) is 5.56 Å². The molecule has 1 amide bonds. The topological polar surface area (TPSA) is 33.2 Å². The SMILES string of the molecule is CC(C)c1ccc(C(C(=O)N2CCCC2)c2ccccn2)cc1. The molecule has 1 aromatic carbocycles. The molecule has 120 valence electrons. The Labute approximate surface area is 138 Å². The molecule has 0 saturated carbocycles. The van der Waals surface area contributed by atoms with Crippen molar-refractivity contribution < 1.29 is 4.79 Å². The number of nitrogens with zero attached hydrogens (tertiary/aromatic N) is 2. The summed E-state index contributed by atoms with van der Waals surface area (Å²) in [7, 11) is 0. The van der Waals surface area contributed by atoms with E-state index in [-0.39, 0.29) is 11.8 Å². The molecule has 3 rings (SSSR count). The Morgan fingerprint density at radius 1 is 1.00 bits per heavy atom. The Kier molecular flexibility index (Phi) is 4.75. The van der Waals surface area contributed by atoms with Gasteiger partial charge in [-0.3, -0.25) is 9.78 Å². The molecule has 2 aromatic rings. The highest BCUT2D eigenvalue weighted by Gasteiger charge is 2.30. The van der Waals surface area contributed by atoms with Crippen LogP contribution in [0.1, 0.15) is 55.3 Å². The summed E-state index contributed by atoms with van der Waals surface area (Å²) in [6, 6.07) is 14.2. The Hall–Kier alpha value is -2.16. The van der Waals surface area contributed by atoms with Crippen LogP contribution >= 0.6 is 0 Å². The van der Waals surface area contributed by atoms with Gasteiger partial charge in [-0.15, -0.1) is 0 Å². The van der Waals surface area contributed by atoms with Gasteiger partial charge in [0, 0.05) is 19.3 Å². The van der Waals surface area contributed by atoms with Crippen LogP contribution in [0.4, 0.5) is 0 Å². The summed E-state index contributed by atoms with van der Waals surface area (Å²) in [5.74, 6) is 0.376. The first kappa shape index (κ1) is 15.7. The van der Waals surface area contributed by atoms with Gasteiger partial charge in [-0.25, -0.2) is 0 Å². The molecule has 0 bridgehead atoms. The number of amides is 1. The first-order chi connectivity index (χ1) is 11.2. The van der Waals surface area contributed by atoms with Crippen molar-refractivity contribution in [3.63, 3.8) is 0 Å². The molecule has 1 aliphatic heterocycles. The molecule has 1 fully saturated rings. The monoisotopic (exact) mass is 308 g/mol. The molecule has 0 radical (unpaired) electrons.